The first-order chi connectivity index (χ1) is 37.4. The fourth-order valence-electron chi connectivity index (χ4n) is 10.9. The van der Waals surface area contributed by atoms with Crippen molar-refractivity contribution in [1.82, 2.24) is 24.7 Å². The zero-order valence-corrected chi connectivity index (χ0v) is 48.5. The highest BCUT2D eigenvalue weighted by Crippen LogP contribution is 2.44. The van der Waals surface area contributed by atoms with Crippen LogP contribution in [0, 0.1) is 5.41 Å². The van der Waals surface area contributed by atoms with Gasteiger partial charge in [0.2, 0.25) is 0 Å². The van der Waals surface area contributed by atoms with Gasteiger partial charge >= 0.3 is 11.6 Å². The van der Waals surface area contributed by atoms with Gasteiger partial charge in [0.25, 0.3) is 25.8 Å². The first-order valence-electron chi connectivity index (χ1n) is 27.0. The monoisotopic (exact) mass is 1170 g/mol. The van der Waals surface area contributed by atoms with Gasteiger partial charge in [-0.15, -0.1) is 11.8 Å². The molecule has 22 heteroatoms. The number of piperazine rings is 1. The number of sulfonamides is 1. The maximum atomic E-state index is 14.3. The number of sulfone groups is 1. The average molecular weight is 1170 g/mol. The van der Waals surface area contributed by atoms with E-state index in [1.54, 1.807) is 12.1 Å². The van der Waals surface area contributed by atoms with Crippen molar-refractivity contribution in [3.8, 4) is 0 Å². The zero-order valence-electron chi connectivity index (χ0n) is 45.3. The molecule has 0 radical (unpaired) electrons. The van der Waals surface area contributed by atoms with Gasteiger partial charge in [-0.05, 0) is 149 Å². The molecule has 430 valence electrons. The molecule has 3 heterocycles. The maximum Gasteiger partial charge on any atom is 0.501 e. The Balaban J connectivity index is 0.903. The van der Waals surface area contributed by atoms with Gasteiger partial charge in [0, 0.05) is 104 Å². The number of halogens is 4. The van der Waals surface area contributed by atoms with Crippen LogP contribution in [0.5, 0.6) is 0 Å². The maximum absolute atomic E-state index is 14.3. The summed E-state index contributed by atoms with van der Waals surface area (Å²) in [7, 11) is -11.0. The Bertz CT molecular complexity index is 2990. The first kappa shape index (κ1) is 60.2. The summed E-state index contributed by atoms with van der Waals surface area (Å²) in [5, 5.41) is 6.78. The van der Waals surface area contributed by atoms with Gasteiger partial charge in [-0.25, -0.2) is 26.4 Å². The van der Waals surface area contributed by atoms with Crippen LogP contribution in [-0.4, -0.2) is 158 Å². The minimum atomic E-state index is -6.08. The van der Waals surface area contributed by atoms with Crippen LogP contribution in [-0.2, 0) is 29.3 Å². The Morgan fingerprint density at radius 3 is 2.23 bits per heavy atom. The average Bonchev–Trinajstić information content (AvgIpc) is 3.40. The van der Waals surface area contributed by atoms with Crippen LogP contribution in [0.2, 0.25) is 5.02 Å². The number of amides is 2. The topological polar surface area (TPSA) is 170 Å². The molecule has 1 unspecified atom stereocenters. The number of rotatable bonds is 19. The molecular formula is C57H73ClF3N7O8S3. The number of allylic oxidation sites excluding steroid dienone is 1. The van der Waals surface area contributed by atoms with Gasteiger partial charge in [0.05, 0.1) is 23.8 Å². The van der Waals surface area contributed by atoms with Crippen molar-refractivity contribution >= 4 is 72.2 Å². The fourth-order valence-corrected chi connectivity index (χ4v) is 14.0. The van der Waals surface area contributed by atoms with E-state index < -0.39 is 58.4 Å². The number of benzene rings is 4. The number of morpholine rings is 1. The third kappa shape index (κ3) is 16.6. The summed E-state index contributed by atoms with van der Waals surface area (Å²) >= 11 is 7.78. The van der Waals surface area contributed by atoms with Gasteiger partial charge in [-0.3, -0.25) is 14.6 Å². The third-order valence-corrected chi connectivity index (χ3v) is 19.2. The number of anilines is 2. The Hall–Kier alpha value is -4.87. The number of hydrogen-bond acceptors (Lipinski definition) is 14. The lowest BCUT2D eigenvalue weighted by atomic mass is 9.71. The second-order valence-electron chi connectivity index (χ2n) is 22.4. The van der Waals surface area contributed by atoms with Gasteiger partial charge in [0.1, 0.15) is 10.5 Å². The van der Waals surface area contributed by atoms with E-state index >= 15 is 0 Å². The van der Waals surface area contributed by atoms with Crippen molar-refractivity contribution in [2.75, 3.05) is 101 Å². The minimum absolute atomic E-state index is 0.0165. The molecule has 3 atom stereocenters. The second-order valence-corrected chi connectivity index (χ2v) is 27.5. The van der Waals surface area contributed by atoms with Crippen LogP contribution >= 0.6 is 23.4 Å². The molecule has 4 aromatic carbocycles. The van der Waals surface area contributed by atoms with Crippen molar-refractivity contribution < 1.29 is 49.1 Å². The van der Waals surface area contributed by atoms with Crippen molar-refractivity contribution in [2.24, 2.45) is 5.41 Å². The molecule has 3 N–H and O–H groups in total. The number of carbonyl (C=O) groups excluding carboxylic acids is 2. The molecule has 15 nitrogen and oxygen atoms in total. The van der Waals surface area contributed by atoms with Crippen molar-refractivity contribution in [3.05, 3.63) is 119 Å². The van der Waals surface area contributed by atoms with E-state index in [4.69, 9.17) is 21.1 Å². The molecule has 3 aliphatic heterocycles. The number of alkyl carbamates (subject to hydrolysis) is 1. The molecular weight excluding hydrogens is 1100 g/mol. The lowest BCUT2D eigenvalue weighted by molar-refractivity contribution is -0.0436. The standard InChI is InChI=1S/C57H73ClF3N7O8S3/c1-55(2,3)76-54(70)63-45-9-8-25-67(38-45)40-56(4)24-22-50(41-12-16-44(58)17-13-41)43(36-56)37-66-27-29-68(30-28-66)47-18-14-42(15-19-47)53(69)64-79(73,74)49-20-21-51(52(35-49)78(71,72)57(59,60)61)62-46(23-26-65-31-33-75-34-32-65)39-77-48-10-6-5-7-11-48/h5-7,10-21,35,45-46,62H,8-9,22-34,36-40H2,1-4H3,(H,63,70)(H,64,69)/t45-,46-,56?/m1/s1. The first-order valence-corrected chi connectivity index (χ1v) is 31.3. The van der Waals surface area contributed by atoms with E-state index in [-0.39, 0.29) is 23.1 Å². The molecule has 3 fully saturated rings. The van der Waals surface area contributed by atoms with E-state index in [9.17, 15) is 39.6 Å². The summed E-state index contributed by atoms with van der Waals surface area (Å²) < 4.78 is 110. The number of nitrogens with one attached hydrogen (secondary N) is 3. The van der Waals surface area contributed by atoms with Crippen molar-refractivity contribution in [2.45, 2.75) is 104 Å². The molecule has 8 rings (SSSR count). The molecule has 3 saturated heterocycles. The Labute approximate surface area is 472 Å². The summed E-state index contributed by atoms with van der Waals surface area (Å²) in [5.41, 5.74) is -1.99. The van der Waals surface area contributed by atoms with E-state index in [1.807, 2.05) is 68.0 Å². The normalized spacial score (nSPS) is 20.9. The SMILES string of the molecule is CC1(CN2CCC[C@@H](NC(=O)OC(C)(C)C)C2)CCC(c2ccc(Cl)cc2)=C(CN2CCN(c3ccc(C(=O)NS(=O)(=O)c4ccc(N[C@H](CCN5CCOCC5)CSc5ccccc5)c(S(=O)(=O)C(F)(F)F)c4)cc3)CC2)C1. The van der Waals surface area contributed by atoms with E-state index in [1.165, 1.54) is 40.6 Å². The van der Waals surface area contributed by atoms with Gasteiger partial charge < -0.3 is 29.9 Å². The second kappa shape index (κ2) is 25.9. The molecule has 0 spiro atoms. The molecule has 0 aromatic heterocycles. The van der Waals surface area contributed by atoms with E-state index in [2.05, 4.69) is 49.3 Å². The number of hydrogen-bond donors (Lipinski definition) is 3. The number of thioether (sulfide) groups is 1. The summed E-state index contributed by atoms with van der Waals surface area (Å²) in [4.78, 5) is 34.3. The van der Waals surface area contributed by atoms with Gasteiger partial charge in [-0.2, -0.15) is 13.2 Å². The number of piperidine rings is 1. The number of alkyl halides is 3. The van der Waals surface area contributed by atoms with Crippen LogP contribution in [0.25, 0.3) is 5.57 Å². The number of ether oxygens (including phenoxy) is 2. The predicted molar refractivity (Wildman–Crippen MR) is 305 cm³/mol. The number of nitrogens with zero attached hydrogens (tertiary/aromatic N) is 4. The number of likely N-dealkylation sites (tertiary alicyclic amines) is 1. The van der Waals surface area contributed by atoms with E-state index in [0.717, 1.165) is 94.1 Å². The number of carbonyl (C=O) groups is 2. The van der Waals surface area contributed by atoms with Gasteiger partial charge in [0.15, 0.2) is 0 Å². The van der Waals surface area contributed by atoms with Crippen molar-refractivity contribution in [3.63, 3.8) is 0 Å². The Kier molecular flexibility index (Phi) is 19.8. The quantitative estimate of drug-likeness (QED) is 0.0759. The van der Waals surface area contributed by atoms with Crippen LogP contribution in [0.3, 0.4) is 0 Å². The van der Waals surface area contributed by atoms with Gasteiger partial charge in [-0.1, -0.05) is 54.4 Å². The smallest absolute Gasteiger partial charge is 0.444 e. The highest BCUT2D eigenvalue weighted by molar-refractivity contribution is 7.99. The third-order valence-electron chi connectivity index (χ3n) is 14.9. The Morgan fingerprint density at radius 2 is 1.56 bits per heavy atom. The molecule has 4 aliphatic rings. The highest BCUT2D eigenvalue weighted by Gasteiger charge is 2.49. The molecule has 0 bridgehead atoms. The zero-order chi connectivity index (χ0) is 56.6. The Morgan fingerprint density at radius 1 is 0.861 bits per heavy atom. The van der Waals surface area contributed by atoms with Crippen LogP contribution in [0.15, 0.2) is 117 Å². The summed E-state index contributed by atoms with van der Waals surface area (Å²) in [6, 6.07) is 25.8. The summed E-state index contributed by atoms with van der Waals surface area (Å²) in [5.74, 6) is -0.682. The van der Waals surface area contributed by atoms with Crippen LogP contribution in [0.4, 0.5) is 29.3 Å². The minimum Gasteiger partial charge on any atom is -0.444 e. The van der Waals surface area contributed by atoms with E-state index in [0.29, 0.717) is 69.2 Å². The molecule has 0 saturated carbocycles. The van der Waals surface area contributed by atoms with Crippen LogP contribution in [0.1, 0.15) is 82.1 Å². The summed E-state index contributed by atoms with van der Waals surface area (Å²) in [6.07, 6.45) is 4.83. The molecule has 1 aliphatic carbocycles. The molecule has 79 heavy (non-hydrogen) atoms. The van der Waals surface area contributed by atoms with Crippen molar-refractivity contribution in [1.29, 1.82) is 0 Å². The highest BCUT2D eigenvalue weighted by atomic mass is 35.5. The molecule has 4 aromatic rings. The van der Waals surface area contributed by atoms with Crippen LogP contribution < -0.4 is 20.3 Å². The lowest BCUT2D eigenvalue weighted by Crippen LogP contribution is -2.51. The fraction of sp³-hybridized carbons (Fsp3) is 0.509. The predicted octanol–water partition coefficient (Wildman–Crippen LogP) is 9.80. The lowest BCUT2D eigenvalue weighted by Gasteiger charge is -2.44. The largest absolute Gasteiger partial charge is 0.501 e. The molecule has 2 amide bonds. The summed E-state index contributed by atoms with van der Waals surface area (Å²) in [6.45, 7) is 17.3.